The van der Waals surface area contributed by atoms with Gasteiger partial charge in [-0.2, -0.15) is 0 Å². The zero-order valence-corrected chi connectivity index (χ0v) is 9.10. The molecule has 0 saturated carbocycles. The van der Waals surface area contributed by atoms with Gasteiger partial charge >= 0.3 is 0 Å². The molecule has 1 heteroatoms. The van der Waals surface area contributed by atoms with Gasteiger partial charge in [-0.05, 0) is 0 Å². The van der Waals surface area contributed by atoms with E-state index in [9.17, 15) is 0 Å². The van der Waals surface area contributed by atoms with Crippen LogP contribution in [0.5, 0.6) is 0 Å². The van der Waals surface area contributed by atoms with Crippen LogP contribution in [0.15, 0.2) is 0 Å². The zero-order valence-electron chi connectivity index (χ0n) is 7.94. The Hall–Kier alpha value is 0.532. The molecule has 0 bridgehead atoms. The summed E-state index contributed by atoms with van der Waals surface area (Å²) in [4.78, 5) is 0. The van der Waals surface area contributed by atoms with Crippen LogP contribution in [0, 0.1) is 0 Å². The lowest BCUT2D eigenvalue weighted by atomic mass is 10.1. The lowest BCUT2D eigenvalue weighted by molar-refractivity contribution is 0.585. The van der Waals surface area contributed by atoms with Gasteiger partial charge in [0, 0.05) is 2.85 Å². The van der Waals surface area contributed by atoms with Gasteiger partial charge < -0.3 is 0 Å². The molecule has 11 heavy (non-hydrogen) atoms. The maximum absolute atomic E-state index is 2.79. The van der Waals surface area contributed by atoms with Gasteiger partial charge in [-0.1, -0.05) is 58.3 Å². The number of hydrogen-bond donors (Lipinski definition) is 0. The van der Waals surface area contributed by atoms with Gasteiger partial charge in [0.2, 0.25) is 0 Å². The Morgan fingerprint density at radius 1 is 0.818 bits per heavy atom. The molecular formula is C10H25Al. The van der Waals surface area contributed by atoms with Crippen molar-refractivity contribution in [3.05, 3.63) is 0 Å². The van der Waals surface area contributed by atoms with Crippen molar-refractivity contribution in [2.45, 2.75) is 63.6 Å². The SMILES string of the molecule is CCCCCCCCC[CH2][Al].[HH].[HH]. The third-order valence-electron chi connectivity index (χ3n) is 2.06. The van der Waals surface area contributed by atoms with Crippen LogP contribution in [0.3, 0.4) is 0 Å². The largest absolute Gasteiger partial charge is 0.118 e. The number of rotatable bonds is 8. The number of unbranched alkanes of at least 4 members (excludes halogenated alkanes) is 7. The van der Waals surface area contributed by atoms with Crippen LogP contribution in [-0.2, 0) is 0 Å². The average Bonchev–Trinajstić information content (AvgIpc) is 2.03. The van der Waals surface area contributed by atoms with E-state index < -0.39 is 0 Å². The molecule has 0 nitrogen and oxygen atoms in total. The van der Waals surface area contributed by atoms with Crippen LogP contribution < -0.4 is 0 Å². The molecule has 0 aliphatic heterocycles. The van der Waals surface area contributed by atoms with Crippen molar-refractivity contribution in [2.75, 3.05) is 0 Å². The van der Waals surface area contributed by atoms with E-state index in [2.05, 4.69) is 23.2 Å². The van der Waals surface area contributed by atoms with Crippen LogP contribution in [-0.4, -0.2) is 16.3 Å². The maximum atomic E-state index is 2.79. The third-order valence-corrected chi connectivity index (χ3v) is 2.47. The lowest BCUT2D eigenvalue weighted by Gasteiger charge is -1.99. The average molecular weight is 172 g/mol. The Morgan fingerprint density at radius 2 is 1.27 bits per heavy atom. The third kappa shape index (κ3) is 10.5. The molecule has 0 rings (SSSR count). The first-order chi connectivity index (χ1) is 5.41. The topological polar surface area (TPSA) is 0 Å². The fourth-order valence-electron chi connectivity index (χ4n) is 1.28. The summed E-state index contributed by atoms with van der Waals surface area (Å²) in [5, 5.41) is 1.29. The number of hydrogen-bond acceptors (Lipinski definition) is 0. The van der Waals surface area contributed by atoms with Crippen molar-refractivity contribution in [1.82, 2.24) is 0 Å². The van der Waals surface area contributed by atoms with Crippen LogP contribution >= 0.6 is 0 Å². The summed E-state index contributed by atoms with van der Waals surface area (Å²) in [5.74, 6) is 0. The van der Waals surface area contributed by atoms with Crippen LogP contribution in [0.25, 0.3) is 0 Å². The second-order valence-corrected chi connectivity index (χ2v) is 3.84. The minimum atomic E-state index is 0. The van der Waals surface area contributed by atoms with Gasteiger partial charge in [0.25, 0.3) is 0 Å². The summed E-state index contributed by atoms with van der Waals surface area (Å²) < 4.78 is 0. The lowest BCUT2D eigenvalue weighted by Crippen LogP contribution is -1.79. The summed E-state index contributed by atoms with van der Waals surface area (Å²) in [6.45, 7) is 2.27. The smallest absolute Gasteiger partial charge is 0.118 e. The molecule has 0 aliphatic carbocycles. The fourth-order valence-corrected chi connectivity index (χ4v) is 1.57. The monoisotopic (exact) mass is 172 g/mol. The van der Waals surface area contributed by atoms with Gasteiger partial charge in [0.1, 0.15) is 16.3 Å². The van der Waals surface area contributed by atoms with Crippen molar-refractivity contribution in [3.63, 3.8) is 0 Å². The van der Waals surface area contributed by atoms with E-state index in [0.717, 1.165) is 0 Å². The van der Waals surface area contributed by atoms with Crippen LogP contribution in [0.1, 0.15) is 61.1 Å². The predicted octanol–water partition coefficient (Wildman–Crippen LogP) is 4.21. The fraction of sp³-hybridized carbons (Fsp3) is 1.00. The highest BCUT2D eigenvalue weighted by Gasteiger charge is 1.88. The summed E-state index contributed by atoms with van der Waals surface area (Å²) in [7, 11) is 0. The molecule has 0 unspecified atom stereocenters. The first-order valence-corrected chi connectivity index (χ1v) is 5.93. The van der Waals surface area contributed by atoms with E-state index in [1.54, 1.807) is 0 Å². The van der Waals surface area contributed by atoms with Crippen molar-refractivity contribution in [1.29, 1.82) is 0 Å². The standard InChI is InChI=1S/C10H21.Al.2H2/c1-3-5-7-9-10-8-6-4-2;;;/h1,3-10H2,2H3;;2*1H. The van der Waals surface area contributed by atoms with Crippen molar-refractivity contribution < 1.29 is 2.85 Å². The molecule has 2 radical (unpaired) electrons. The predicted molar refractivity (Wildman–Crippen MR) is 57.4 cm³/mol. The van der Waals surface area contributed by atoms with E-state index in [4.69, 9.17) is 0 Å². The highest BCUT2D eigenvalue weighted by atomic mass is 27.0. The summed E-state index contributed by atoms with van der Waals surface area (Å²) in [6, 6.07) is 0. The second-order valence-electron chi connectivity index (χ2n) is 3.26. The molecule has 0 fully saturated rings. The van der Waals surface area contributed by atoms with E-state index in [0.29, 0.717) is 0 Å². The Balaban J connectivity index is -0.000000500. The second kappa shape index (κ2) is 10.5. The molecule has 0 aliphatic rings. The van der Waals surface area contributed by atoms with E-state index >= 15 is 0 Å². The van der Waals surface area contributed by atoms with Gasteiger partial charge in [-0.25, -0.2) is 0 Å². The van der Waals surface area contributed by atoms with Gasteiger partial charge in [0.05, 0.1) is 0 Å². The maximum Gasteiger partial charge on any atom is 0.118 e. The molecule has 0 spiro atoms. The first-order valence-electron chi connectivity index (χ1n) is 5.12. The van der Waals surface area contributed by atoms with Crippen molar-refractivity contribution in [3.8, 4) is 0 Å². The quantitative estimate of drug-likeness (QED) is 0.380. The van der Waals surface area contributed by atoms with Gasteiger partial charge in [0.15, 0.2) is 0 Å². The highest BCUT2D eigenvalue weighted by molar-refractivity contribution is 6.08. The summed E-state index contributed by atoms with van der Waals surface area (Å²) >= 11 is 2.79. The Bertz CT molecular complexity index is 61.9. The van der Waals surface area contributed by atoms with E-state index in [1.165, 1.54) is 56.6 Å². The molecule has 0 aromatic carbocycles. The zero-order chi connectivity index (χ0) is 8.36. The molecule has 0 amide bonds. The van der Waals surface area contributed by atoms with Gasteiger partial charge in [-0.3, -0.25) is 0 Å². The highest BCUT2D eigenvalue weighted by Crippen LogP contribution is 2.08. The molecule has 0 atom stereocenters. The summed E-state index contributed by atoms with van der Waals surface area (Å²) in [6.07, 6.45) is 11.5. The Kier molecular flexibility index (Phi) is 11.0. The van der Waals surface area contributed by atoms with E-state index in [1.807, 2.05) is 0 Å². The van der Waals surface area contributed by atoms with Crippen molar-refractivity contribution >= 4 is 16.3 Å². The molecule has 0 heterocycles. The Labute approximate surface area is 83.2 Å². The molecule has 0 saturated heterocycles. The van der Waals surface area contributed by atoms with Crippen LogP contribution in [0.2, 0.25) is 5.28 Å². The minimum absolute atomic E-state index is 0. The minimum Gasteiger partial charge on any atom is -0.118 e. The van der Waals surface area contributed by atoms with Gasteiger partial charge in [-0.15, -0.1) is 5.28 Å². The van der Waals surface area contributed by atoms with Crippen molar-refractivity contribution in [2.24, 2.45) is 0 Å². The van der Waals surface area contributed by atoms with Crippen LogP contribution in [0.4, 0.5) is 0 Å². The van der Waals surface area contributed by atoms with E-state index in [-0.39, 0.29) is 2.85 Å². The first kappa shape index (κ1) is 11.5. The molecular weight excluding hydrogens is 147 g/mol. The molecule has 0 N–H and O–H groups in total. The normalized spacial score (nSPS) is 10.3. The molecule has 0 aromatic heterocycles. The molecule has 68 valence electrons. The summed E-state index contributed by atoms with van der Waals surface area (Å²) in [5.41, 5.74) is 0. The molecule has 0 aromatic rings. The Morgan fingerprint density at radius 3 is 1.73 bits per heavy atom.